The lowest BCUT2D eigenvalue weighted by atomic mass is 10.2. The fourth-order valence-electron chi connectivity index (χ4n) is 3.61. The molecule has 2 aromatic rings. The van der Waals surface area contributed by atoms with E-state index in [0.717, 1.165) is 31.9 Å². The average Bonchev–Trinajstić information content (AvgIpc) is 2.70. The molecule has 0 spiro atoms. The molecular formula is C20H26N6O2S. The van der Waals surface area contributed by atoms with E-state index in [4.69, 9.17) is 0 Å². The maximum absolute atomic E-state index is 12.7. The van der Waals surface area contributed by atoms with E-state index in [2.05, 4.69) is 37.6 Å². The first kappa shape index (κ1) is 19.7. The second kappa shape index (κ2) is 7.64. The Bertz CT molecular complexity index is 1030. The van der Waals surface area contributed by atoms with E-state index in [1.54, 1.807) is 19.2 Å². The number of nitrogens with one attached hydrogen (secondary N) is 2. The number of rotatable bonds is 4. The fourth-order valence-corrected chi connectivity index (χ4v) is 5.13. The molecule has 2 aliphatic heterocycles. The second-order valence-electron chi connectivity index (χ2n) is 7.53. The van der Waals surface area contributed by atoms with E-state index in [9.17, 15) is 8.42 Å². The first-order valence-corrected chi connectivity index (χ1v) is 11.2. The van der Waals surface area contributed by atoms with Gasteiger partial charge in [-0.2, -0.15) is 4.98 Å². The number of hydrogen-bond acceptors (Lipinski definition) is 7. The van der Waals surface area contributed by atoms with Gasteiger partial charge in [0.25, 0.3) is 10.0 Å². The summed E-state index contributed by atoms with van der Waals surface area (Å²) in [5.41, 5.74) is 2.73. The van der Waals surface area contributed by atoms with Crippen molar-refractivity contribution in [2.24, 2.45) is 0 Å². The van der Waals surface area contributed by atoms with Crippen molar-refractivity contribution in [3.8, 4) is 0 Å². The zero-order valence-electron chi connectivity index (χ0n) is 16.9. The first-order valence-electron chi connectivity index (χ1n) is 9.79. The summed E-state index contributed by atoms with van der Waals surface area (Å²) in [5, 5.41) is 6.54. The maximum Gasteiger partial charge on any atom is 0.261 e. The third kappa shape index (κ3) is 3.79. The van der Waals surface area contributed by atoms with E-state index in [1.165, 1.54) is 9.99 Å². The monoisotopic (exact) mass is 414 g/mol. The fraction of sp³-hybridized carbons (Fsp3) is 0.400. The van der Waals surface area contributed by atoms with E-state index in [-0.39, 0.29) is 6.04 Å². The maximum atomic E-state index is 12.7. The molecule has 4 rings (SSSR count). The number of benzene rings is 1. The van der Waals surface area contributed by atoms with E-state index >= 15 is 0 Å². The van der Waals surface area contributed by atoms with E-state index in [0.29, 0.717) is 22.2 Å². The Morgan fingerprint density at radius 1 is 1.14 bits per heavy atom. The van der Waals surface area contributed by atoms with Crippen LogP contribution in [0.1, 0.15) is 26.3 Å². The smallest absolute Gasteiger partial charge is 0.261 e. The number of aromatic nitrogens is 2. The largest absolute Gasteiger partial charge is 0.369 e. The molecular weight excluding hydrogens is 388 g/mol. The molecule has 1 saturated heterocycles. The molecule has 0 bridgehead atoms. The summed E-state index contributed by atoms with van der Waals surface area (Å²) >= 11 is 0. The molecule has 1 aromatic heterocycles. The van der Waals surface area contributed by atoms with Crippen molar-refractivity contribution >= 4 is 39.2 Å². The van der Waals surface area contributed by atoms with Gasteiger partial charge in [0.1, 0.15) is 0 Å². The Kier molecular flexibility index (Phi) is 5.18. The number of piperazine rings is 1. The first-order chi connectivity index (χ1) is 13.9. The van der Waals surface area contributed by atoms with Crippen molar-refractivity contribution in [1.29, 1.82) is 0 Å². The van der Waals surface area contributed by atoms with Gasteiger partial charge >= 0.3 is 0 Å². The number of hydrogen-bond donors (Lipinski definition) is 2. The van der Waals surface area contributed by atoms with Crippen LogP contribution in [0.5, 0.6) is 0 Å². The number of nitrogens with zero attached hydrogens (tertiary/aromatic N) is 4. The third-order valence-corrected chi connectivity index (χ3v) is 7.15. The topological polar surface area (TPSA) is 90.5 Å². The van der Waals surface area contributed by atoms with Crippen molar-refractivity contribution in [3.63, 3.8) is 0 Å². The lowest BCUT2D eigenvalue weighted by Crippen LogP contribution is -2.43. The molecule has 8 nitrogen and oxygen atoms in total. The number of sulfonamides is 1. The van der Waals surface area contributed by atoms with Gasteiger partial charge in [-0.05, 0) is 51.1 Å². The minimum atomic E-state index is -3.56. The molecule has 0 amide bonds. The highest BCUT2D eigenvalue weighted by atomic mass is 32.2. The Hall–Kier alpha value is -2.65. The molecule has 154 valence electrons. The van der Waals surface area contributed by atoms with Crippen LogP contribution in [0.3, 0.4) is 0 Å². The Labute approximate surface area is 171 Å². The summed E-state index contributed by atoms with van der Waals surface area (Å²) in [7, 11) is -3.56. The molecule has 2 N–H and O–H groups in total. The van der Waals surface area contributed by atoms with Crippen LogP contribution in [0.25, 0.3) is 6.08 Å². The number of fused-ring (bicyclic) bond motifs is 1. The quantitative estimate of drug-likeness (QED) is 0.794. The van der Waals surface area contributed by atoms with Gasteiger partial charge in [0.05, 0.1) is 4.91 Å². The molecule has 0 unspecified atom stereocenters. The van der Waals surface area contributed by atoms with Gasteiger partial charge in [-0.3, -0.25) is 0 Å². The normalized spacial score (nSPS) is 18.4. The molecule has 29 heavy (non-hydrogen) atoms. The molecule has 0 saturated carbocycles. The summed E-state index contributed by atoms with van der Waals surface area (Å²) in [6.45, 7) is 9.24. The van der Waals surface area contributed by atoms with Crippen LogP contribution in [0.15, 0.2) is 35.4 Å². The lowest BCUT2D eigenvalue weighted by Gasteiger charge is -2.31. The van der Waals surface area contributed by atoms with Gasteiger partial charge in [0.15, 0.2) is 5.82 Å². The second-order valence-corrected chi connectivity index (χ2v) is 9.52. The SMILES string of the molecule is CC1=Cc2cnc(Nc3ccc(N4CCNCC4)cc3)nc2N(C(C)C)S1(=O)=O. The van der Waals surface area contributed by atoms with Crippen LogP contribution in [0.4, 0.5) is 23.1 Å². The molecule has 3 heterocycles. The Morgan fingerprint density at radius 2 is 1.83 bits per heavy atom. The zero-order valence-corrected chi connectivity index (χ0v) is 17.7. The van der Waals surface area contributed by atoms with Crippen LogP contribution in [-0.2, 0) is 10.0 Å². The Balaban J connectivity index is 1.59. The van der Waals surface area contributed by atoms with Crippen LogP contribution < -0.4 is 19.8 Å². The molecule has 0 aliphatic carbocycles. The minimum absolute atomic E-state index is 0.247. The summed E-state index contributed by atoms with van der Waals surface area (Å²) in [6, 6.07) is 7.87. The highest BCUT2D eigenvalue weighted by Crippen LogP contribution is 2.34. The van der Waals surface area contributed by atoms with Gasteiger partial charge in [0.2, 0.25) is 5.95 Å². The van der Waals surface area contributed by atoms with Crippen molar-refractivity contribution in [2.45, 2.75) is 26.8 Å². The molecule has 1 fully saturated rings. The molecule has 2 aliphatic rings. The lowest BCUT2D eigenvalue weighted by molar-refractivity contribution is 0.589. The minimum Gasteiger partial charge on any atom is -0.369 e. The van der Waals surface area contributed by atoms with Crippen molar-refractivity contribution in [2.75, 3.05) is 40.7 Å². The van der Waals surface area contributed by atoms with Crippen LogP contribution in [0.2, 0.25) is 0 Å². The highest BCUT2D eigenvalue weighted by molar-refractivity contribution is 7.96. The Morgan fingerprint density at radius 3 is 2.48 bits per heavy atom. The van der Waals surface area contributed by atoms with Gasteiger partial charge in [-0.15, -0.1) is 0 Å². The molecule has 0 atom stereocenters. The summed E-state index contributed by atoms with van der Waals surface area (Å²) in [4.78, 5) is 11.5. The van der Waals surface area contributed by atoms with Crippen LogP contribution >= 0.6 is 0 Å². The summed E-state index contributed by atoms with van der Waals surface area (Å²) in [6.07, 6.45) is 3.28. The molecule has 9 heteroatoms. The third-order valence-electron chi connectivity index (χ3n) is 5.10. The number of anilines is 4. The van der Waals surface area contributed by atoms with Gasteiger partial charge in [0, 0.05) is 55.4 Å². The van der Waals surface area contributed by atoms with Crippen molar-refractivity contribution in [1.82, 2.24) is 15.3 Å². The predicted molar refractivity (Wildman–Crippen MR) is 117 cm³/mol. The standard InChI is InChI=1S/C20H26N6O2S/c1-14(2)26-19-16(12-15(3)29(26,27)28)13-22-20(24-19)23-17-4-6-18(7-5-17)25-10-8-21-9-11-25/h4-7,12-14,21H,8-11H2,1-3H3,(H,22,23,24). The molecule has 0 radical (unpaired) electrons. The van der Waals surface area contributed by atoms with Crippen LogP contribution in [0, 0.1) is 0 Å². The van der Waals surface area contributed by atoms with E-state index < -0.39 is 10.0 Å². The number of allylic oxidation sites excluding steroid dienone is 1. The van der Waals surface area contributed by atoms with E-state index in [1.807, 2.05) is 26.0 Å². The van der Waals surface area contributed by atoms with Crippen molar-refractivity contribution < 1.29 is 8.42 Å². The predicted octanol–water partition coefficient (Wildman–Crippen LogP) is 2.55. The summed E-state index contributed by atoms with van der Waals surface area (Å²) < 4.78 is 26.8. The molecule has 1 aromatic carbocycles. The van der Waals surface area contributed by atoms with Gasteiger partial charge < -0.3 is 15.5 Å². The van der Waals surface area contributed by atoms with Gasteiger partial charge in [-0.25, -0.2) is 17.7 Å². The zero-order chi connectivity index (χ0) is 20.6. The van der Waals surface area contributed by atoms with Crippen LogP contribution in [-0.4, -0.2) is 50.6 Å². The average molecular weight is 415 g/mol. The van der Waals surface area contributed by atoms with Crippen molar-refractivity contribution in [3.05, 3.63) is 40.9 Å². The summed E-state index contributed by atoms with van der Waals surface area (Å²) in [5.74, 6) is 0.771. The van der Waals surface area contributed by atoms with Gasteiger partial charge in [-0.1, -0.05) is 0 Å². The highest BCUT2D eigenvalue weighted by Gasteiger charge is 2.34.